The van der Waals surface area contributed by atoms with Crippen molar-refractivity contribution in [2.45, 2.75) is 31.7 Å². The van der Waals surface area contributed by atoms with Crippen LogP contribution in [0.3, 0.4) is 0 Å². The monoisotopic (exact) mass is 368 g/mol. The molecule has 2 N–H and O–H groups in total. The van der Waals surface area contributed by atoms with Crippen LogP contribution in [0.25, 0.3) is 0 Å². The van der Waals surface area contributed by atoms with Crippen molar-refractivity contribution in [3.05, 3.63) is 35.4 Å². The largest absolute Gasteiger partial charge is 0.453 e. The third-order valence-corrected chi connectivity index (χ3v) is 4.56. The molecule has 1 aliphatic heterocycles. The van der Waals surface area contributed by atoms with E-state index in [0.717, 1.165) is 18.9 Å². The minimum Gasteiger partial charge on any atom is -0.453 e. The van der Waals surface area contributed by atoms with Gasteiger partial charge in [0.15, 0.2) is 5.96 Å². The molecule has 0 spiro atoms. The van der Waals surface area contributed by atoms with Crippen molar-refractivity contribution in [1.82, 2.24) is 15.5 Å². The number of nitrogens with zero attached hydrogens (tertiary/aromatic N) is 2. The summed E-state index contributed by atoms with van der Waals surface area (Å²) in [7, 11) is 3.05. The van der Waals surface area contributed by atoms with E-state index in [9.17, 15) is 13.6 Å². The molecule has 1 aliphatic rings. The van der Waals surface area contributed by atoms with Gasteiger partial charge in [-0.1, -0.05) is 13.0 Å². The maximum absolute atomic E-state index is 13.9. The van der Waals surface area contributed by atoms with E-state index in [2.05, 4.69) is 15.6 Å². The fourth-order valence-corrected chi connectivity index (χ4v) is 2.98. The zero-order valence-electron chi connectivity index (χ0n) is 15.4. The van der Waals surface area contributed by atoms with Crippen LogP contribution in [0.5, 0.6) is 0 Å². The summed E-state index contributed by atoms with van der Waals surface area (Å²) in [5.41, 5.74) is 0.459. The number of guanidine groups is 1. The van der Waals surface area contributed by atoms with Gasteiger partial charge >= 0.3 is 6.09 Å². The van der Waals surface area contributed by atoms with Gasteiger partial charge in [0.25, 0.3) is 0 Å². The molecule has 1 amide bonds. The van der Waals surface area contributed by atoms with E-state index >= 15 is 0 Å². The van der Waals surface area contributed by atoms with Crippen LogP contribution >= 0.6 is 0 Å². The smallest absolute Gasteiger partial charge is 0.409 e. The van der Waals surface area contributed by atoms with Crippen molar-refractivity contribution in [1.29, 1.82) is 0 Å². The van der Waals surface area contributed by atoms with Crippen LogP contribution < -0.4 is 10.6 Å². The van der Waals surface area contributed by atoms with Crippen LogP contribution in [0, 0.1) is 11.6 Å². The van der Waals surface area contributed by atoms with Crippen LogP contribution in [0.2, 0.25) is 0 Å². The van der Waals surface area contributed by atoms with Gasteiger partial charge in [-0.05, 0) is 24.5 Å². The van der Waals surface area contributed by atoms with Gasteiger partial charge in [0.2, 0.25) is 0 Å². The van der Waals surface area contributed by atoms with Crippen molar-refractivity contribution >= 4 is 12.1 Å². The molecule has 0 saturated carbocycles. The van der Waals surface area contributed by atoms with E-state index in [4.69, 9.17) is 4.74 Å². The summed E-state index contributed by atoms with van der Waals surface area (Å²) in [5, 5.41) is 6.50. The molecule has 144 valence electrons. The highest BCUT2D eigenvalue weighted by atomic mass is 19.1. The SMILES string of the molecule is CN=C(NCC(C)c1ccc(F)cc1F)NC1CCN(C(=O)OC)CC1. The number of hydrogen-bond donors (Lipinski definition) is 2. The second kappa shape index (κ2) is 9.35. The Balaban J connectivity index is 1.82. The van der Waals surface area contributed by atoms with E-state index in [0.29, 0.717) is 31.2 Å². The third-order valence-electron chi connectivity index (χ3n) is 4.56. The van der Waals surface area contributed by atoms with Crippen LogP contribution in [-0.4, -0.2) is 56.8 Å². The Kier molecular flexibility index (Phi) is 7.17. The number of halogens is 2. The Morgan fingerprint density at radius 2 is 2.08 bits per heavy atom. The number of benzene rings is 1. The van der Waals surface area contributed by atoms with Crippen molar-refractivity contribution in [2.24, 2.45) is 4.99 Å². The van der Waals surface area contributed by atoms with E-state index in [1.54, 1.807) is 11.9 Å². The predicted octanol–water partition coefficient (Wildman–Crippen LogP) is 2.46. The van der Waals surface area contributed by atoms with Gasteiger partial charge in [-0.2, -0.15) is 0 Å². The van der Waals surface area contributed by atoms with Gasteiger partial charge < -0.3 is 20.3 Å². The number of carbonyl (C=O) groups is 1. The topological polar surface area (TPSA) is 66.0 Å². The average Bonchev–Trinajstić information content (AvgIpc) is 2.64. The minimum atomic E-state index is -0.581. The number of piperidine rings is 1. The first kappa shape index (κ1) is 19.9. The van der Waals surface area contributed by atoms with Crippen molar-refractivity contribution in [3.63, 3.8) is 0 Å². The lowest BCUT2D eigenvalue weighted by Gasteiger charge is -2.32. The molecule has 1 heterocycles. The first-order valence-electron chi connectivity index (χ1n) is 8.69. The number of rotatable bonds is 4. The maximum atomic E-state index is 13.9. The Bertz CT molecular complexity index is 646. The third kappa shape index (κ3) is 5.31. The summed E-state index contributed by atoms with van der Waals surface area (Å²) in [4.78, 5) is 17.4. The molecule has 0 radical (unpaired) electrons. The van der Waals surface area contributed by atoms with Gasteiger partial charge in [0.05, 0.1) is 7.11 Å². The fraction of sp³-hybridized carbons (Fsp3) is 0.556. The number of aliphatic imine (C=N–C) groups is 1. The molecule has 2 rings (SSSR count). The molecule has 0 aromatic heterocycles. The zero-order chi connectivity index (χ0) is 19.1. The summed E-state index contributed by atoms with van der Waals surface area (Å²) < 4.78 is 31.6. The standard InChI is InChI=1S/C18H26F2N4O2/c1-12(15-5-4-13(19)10-16(15)20)11-22-17(21-2)23-14-6-8-24(9-7-14)18(25)26-3/h4-5,10,12,14H,6-9,11H2,1-3H3,(H2,21,22,23). The minimum absolute atomic E-state index is 0.143. The highest BCUT2D eigenvalue weighted by Gasteiger charge is 2.23. The van der Waals surface area contributed by atoms with Gasteiger partial charge in [0.1, 0.15) is 11.6 Å². The molecule has 1 aromatic rings. The van der Waals surface area contributed by atoms with Gasteiger partial charge in [-0.3, -0.25) is 4.99 Å². The summed E-state index contributed by atoms with van der Waals surface area (Å²) in [6.07, 6.45) is 1.27. The number of carbonyl (C=O) groups excluding carboxylic acids is 1. The quantitative estimate of drug-likeness (QED) is 0.633. The molecular formula is C18H26F2N4O2. The zero-order valence-corrected chi connectivity index (χ0v) is 15.4. The molecule has 8 heteroatoms. The van der Waals surface area contributed by atoms with Crippen LogP contribution in [-0.2, 0) is 4.74 Å². The van der Waals surface area contributed by atoms with E-state index in [-0.39, 0.29) is 18.1 Å². The molecule has 6 nitrogen and oxygen atoms in total. The molecule has 1 saturated heterocycles. The van der Waals surface area contributed by atoms with Crippen molar-refractivity contribution < 1.29 is 18.3 Å². The maximum Gasteiger partial charge on any atom is 0.409 e. The lowest BCUT2D eigenvalue weighted by Crippen LogP contribution is -2.50. The van der Waals surface area contributed by atoms with Gasteiger partial charge in [-0.25, -0.2) is 13.6 Å². The number of ether oxygens (including phenoxy) is 1. The second-order valence-electron chi connectivity index (χ2n) is 6.40. The lowest BCUT2D eigenvalue weighted by molar-refractivity contribution is 0.111. The second-order valence-corrected chi connectivity index (χ2v) is 6.40. The fourth-order valence-electron chi connectivity index (χ4n) is 2.98. The molecule has 26 heavy (non-hydrogen) atoms. The highest BCUT2D eigenvalue weighted by Crippen LogP contribution is 2.19. The van der Waals surface area contributed by atoms with Crippen LogP contribution in [0.1, 0.15) is 31.2 Å². The van der Waals surface area contributed by atoms with Crippen molar-refractivity contribution in [2.75, 3.05) is 33.8 Å². The Hall–Kier alpha value is -2.38. The summed E-state index contributed by atoms with van der Waals surface area (Å²) in [5.74, 6) is -0.647. The van der Waals surface area contributed by atoms with E-state index < -0.39 is 11.6 Å². The molecule has 1 atom stereocenters. The number of methoxy groups -OCH3 is 1. The summed E-state index contributed by atoms with van der Waals surface area (Å²) in [6, 6.07) is 3.82. The normalized spacial score (nSPS) is 17.0. The van der Waals surface area contributed by atoms with Crippen LogP contribution in [0.4, 0.5) is 13.6 Å². The van der Waals surface area contributed by atoms with Crippen LogP contribution in [0.15, 0.2) is 23.2 Å². The number of nitrogens with one attached hydrogen (secondary N) is 2. The van der Waals surface area contributed by atoms with Gasteiger partial charge in [0, 0.05) is 44.7 Å². The number of amides is 1. The van der Waals surface area contributed by atoms with Crippen molar-refractivity contribution in [3.8, 4) is 0 Å². The first-order valence-corrected chi connectivity index (χ1v) is 8.69. The molecule has 1 fully saturated rings. The molecule has 1 aromatic carbocycles. The molecule has 1 unspecified atom stereocenters. The van der Waals surface area contributed by atoms with E-state index in [1.165, 1.54) is 19.2 Å². The van der Waals surface area contributed by atoms with Gasteiger partial charge in [-0.15, -0.1) is 0 Å². The Labute approximate surface area is 152 Å². The highest BCUT2D eigenvalue weighted by molar-refractivity contribution is 5.80. The Morgan fingerprint density at radius 3 is 2.65 bits per heavy atom. The summed E-state index contributed by atoms with van der Waals surface area (Å²) in [6.45, 7) is 3.58. The average molecular weight is 368 g/mol. The molecule has 0 aliphatic carbocycles. The Morgan fingerprint density at radius 1 is 1.38 bits per heavy atom. The lowest BCUT2D eigenvalue weighted by atomic mass is 10.0. The number of likely N-dealkylation sites (tertiary alicyclic amines) is 1. The molecular weight excluding hydrogens is 342 g/mol. The first-order chi connectivity index (χ1) is 12.4. The number of hydrogen-bond acceptors (Lipinski definition) is 3. The predicted molar refractivity (Wildman–Crippen MR) is 96.3 cm³/mol. The van der Waals surface area contributed by atoms with E-state index in [1.807, 2.05) is 6.92 Å². The summed E-state index contributed by atoms with van der Waals surface area (Å²) >= 11 is 0. The molecule has 0 bridgehead atoms.